The molecule has 0 saturated carbocycles. The van der Waals surface area contributed by atoms with Crippen molar-refractivity contribution >= 4 is 28.6 Å². The molecule has 4 heterocycles. The van der Waals surface area contributed by atoms with Gasteiger partial charge in [-0.15, -0.1) is 0 Å². The molecule has 1 unspecified atom stereocenters. The summed E-state index contributed by atoms with van der Waals surface area (Å²) in [6.45, 7) is 8.78. The van der Waals surface area contributed by atoms with Crippen LogP contribution in [-0.4, -0.2) is 71.1 Å². The third-order valence-electron chi connectivity index (χ3n) is 8.93. The molecule has 10 heteroatoms. The summed E-state index contributed by atoms with van der Waals surface area (Å²) in [6, 6.07) is 22.9. The van der Waals surface area contributed by atoms with Crippen molar-refractivity contribution in [3.05, 3.63) is 84.1 Å². The fourth-order valence-corrected chi connectivity index (χ4v) is 7.10. The fraction of sp³-hybridized carbons (Fsp3) is 0.333. The standard InChI is InChI=1S/C36H39N5O4S/c1-5-35(42)40-15-13-39(14-16-40)21-25-9-11-26(12-10-25)27-7-6-8-29(17-27)44-23-28-18-30(43-4)19-33-31(28)20-34(45-33)32-22-41-36(37-32)46-24(2)38(41)3/h6-12,17-20,22,24H,5,13-16,21,23H2,1-4H3. The van der Waals surface area contributed by atoms with Crippen LogP contribution in [0.15, 0.2) is 82.5 Å². The van der Waals surface area contributed by atoms with Gasteiger partial charge in [-0.05, 0) is 47.9 Å². The maximum Gasteiger partial charge on any atom is 0.222 e. The van der Waals surface area contributed by atoms with Crippen molar-refractivity contribution in [2.75, 3.05) is 45.3 Å². The zero-order valence-electron chi connectivity index (χ0n) is 26.7. The molecule has 2 aromatic heterocycles. The van der Waals surface area contributed by atoms with Gasteiger partial charge in [0.05, 0.1) is 18.7 Å². The number of imidazole rings is 1. The molecular weight excluding hydrogens is 598 g/mol. The molecule has 238 valence electrons. The molecule has 7 rings (SSSR count). The van der Waals surface area contributed by atoms with Gasteiger partial charge in [0, 0.05) is 63.2 Å². The van der Waals surface area contributed by atoms with Crippen molar-refractivity contribution in [2.24, 2.45) is 0 Å². The third kappa shape index (κ3) is 6.07. The van der Waals surface area contributed by atoms with Crippen molar-refractivity contribution in [3.8, 4) is 34.1 Å². The topological polar surface area (TPSA) is 76.2 Å². The van der Waals surface area contributed by atoms with E-state index in [9.17, 15) is 4.79 Å². The van der Waals surface area contributed by atoms with Crippen LogP contribution in [0.5, 0.6) is 11.5 Å². The Morgan fingerprint density at radius 2 is 1.80 bits per heavy atom. The molecule has 0 N–H and O–H groups in total. The Labute approximate surface area is 273 Å². The Bertz CT molecular complexity index is 1860. The van der Waals surface area contributed by atoms with Crippen LogP contribution in [0.25, 0.3) is 33.6 Å². The minimum atomic E-state index is 0.248. The average molecular weight is 638 g/mol. The molecular formula is C36H39N5O4S. The molecule has 5 aromatic rings. The third-order valence-corrected chi connectivity index (χ3v) is 10.1. The second kappa shape index (κ2) is 12.8. The SMILES string of the molecule is CCC(=O)N1CCN(Cc2ccc(-c3cccc(OCc4cc(OC)cc5oc(-c6cn7c(n6)SC(C)N7C)cc45)c3)cc2)CC1. The molecule has 1 fully saturated rings. The summed E-state index contributed by atoms with van der Waals surface area (Å²) in [5, 5.41) is 4.43. The van der Waals surface area contributed by atoms with Crippen LogP contribution in [0, 0.1) is 0 Å². The number of hydrogen-bond donors (Lipinski definition) is 0. The summed E-state index contributed by atoms with van der Waals surface area (Å²) in [6.07, 6.45) is 2.60. The van der Waals surface area contributed by atoms with Gasteiger partial charge < -0.3 is 23.8 Å². The maximum absolute atomic E-state index is 12.0. The van der Waals surface area contributed by atoms with E-state index in [2.05, 4.69) is 65.0 Å². The average Bonchev–Trinajstić information content (AvgIpc) is 3.78. The molecule has 1 atom stereocenters. The zero-order chi connectivity index (χ0) is 31.8. The van der Waals surface area contributed by atoms with Crippen LogP contribution in [-0.2, 0) is 17.9 Å². The number of carbonyl (C=O) groups is 1. The zero-order valence-corrected chi connectivity index (χ0v) is 27.5. The molecule has 1 amide bonds. The quantitative estimate of drug-likeness (QED) is 0.179. The minimum absolute atomic E-state index is 0.248. The van der Waals surface area contributed by atoms with Crippen molar-refractivity contribution < 1.29 is 18.7 Å². The Morgan fingerprint density at radius 3 is 2.54 bits per heavy atom. The second-order valence-corrected chi connectivity index (χ2v) is 13.2. The van der Waals surface area contributed by atoms with Crippen LogP contribution < -0.4 is 14.5 Å². The van der Waals surface area contributed by atoms with Crippen LogP contribution in [0.1, 0.15) is 31.4 Å². The van der Waals surface area contributed by atoms with Gasteiger partial charge in [-0.2, -0.15) is 0 Å². The smallest absolute Gasteiger partial charge is 0.222 e. The first-order valence-corrected chi connectivity index (χ1v) is 16.7. The van der Waals surface area contributed by atoms with E-state index < -0.39 is 0 Å². The fourth-order valence-electron chi connectivity index (χ4n) is 6.10. The first-order valence-electron chi connectivity index (χ1n) is 15.8. The number of aromatic nitrogens is 2. The van der Waals surface area contributed by atoms with E-state index in [0.29, 0.717) is 29.9 Å². The maximum atomic E-state index is 12.0. The van der Waals surface area contributed by atoms with Crippen molar-refractivity contribution in [1.29, 1.82) is 0 Å². The Hall–Kier alpha value is -4.41. The van der Waals surface area contributed by atoms with Gasteiger partial charge >= 0.3 is 0 Å². The molecule has 0 bridgehead atoms. The highest BCUT2D eigenvalue weighted by Gasteiger charge is 2.27. The van der Waals surface area contributed by atoms with Gasteiger partial charge in [-0.3, -0.25) is 9.69 Å². The number of methoxy groups -OCH3 is 1. The summed E-state index contributed by atoms with van der Waals surface area (Å²) in [4.78, 5) is 21.2. The molecule has 3 aromatic carbocycles. The number of fused-ring (bicyclic) bond motifs is 2. The minimum Gasteiger partial charge on any atom is -0.497 e. The van der Waals surface area contributed by atoms with E-state index in [1.54, 1.807) is 18.9 Å². The predicted molar refractivity (Wildman–Crippen MR) is 182 cm³/mol. The molecule has 2 aliphatic rings. The van der Waals surface area contributed by atoms with Gasteiger partial charge in [-0.1, -0.05) is 55.1 Å². The molecule has 2 aliphatic heterocycles. The molecule has 0 aliphatic carbocycles. The lowest BCUT2D eigenvalue weighted by atomic mass is 10.0. The summed E-state index contributed by atoms with van der Waals surface area (Å²) in [5.41, 5.74) is 6.02. The van der Waals surface area contributed by atoms with Crippen LogP contribution in [0.4, 0.5) is 0 Å². The van der Waals surface area contributed by atoms with Gasteiger partial charge in [0.25, 0.3) is 0 Å². The van der Waals surface area contributed by atoms with Crippen molar-refractivity contribution in [1.82, 2.24) is 19.5 Å². The highest BCUT2D eigenvalue weighted by Crippen LogP contribution is 2.37. The summed E-state index contributed by atoms with van der Waals surface area (Å²) in [7, 11) is 3.72. The molecule has 0 spiro atoms. The molecule has 1 saturated heterocycles. The van der Waals surface area contributed by atoms with E-state index in [-0.39, 0.29) is 5.91 Å². The summed E-state index contributed by atoms with van der Waals surface area (Å²) in [5.74, 6) is 2.47. The Morgan fingerprint density at radius 1 is 1.00 bits per heavy atom. The first kappa shape index (κ1) is 30.3. The largest absolute Gasteiger partial charge is 0.497 e. The second-order valence-electron chi connectivity index (χ2n) is 11.9. The lowest BCUT2D eigenvalue weighted by molar-refractivity contribution is -0.132. The highest BCUT2D eigenvalue weighted by molar-refractivity contribution is 8.00. The number of nitrogens with zero attached hydrogens (tertiary/aromatic N) is 5. The van der Waals surface area contributed by atoms with E-state index in [1.165, 1.54) is 5.56 Å². The van der Waals surface area contributed by atoms with E-state index >= 15 is 0 Å². The van der Waals surface area contributed by atoms with Crippen LogP contribution >= 0.6 is 11.8 Å². The number of piperazine rings is 1. The summed E-state index contributed by atoms with van der Waals surface area (Å²) >= 11 is 1.73. The van der Waals surface area contributed by atoms with Crippen molar-refractivity contribution in [2.45, 2.75) is 44.0 Å². The van der Waals surface area contributed by atoms with E-state index in [0.717, 1.165) is 77.0 Å². The van der Waals surface area contributed by atoms with Crippen molar-refractivity contribution in [3.63, 3.8) is 0 Å². The first-order chi connectivity index (χ1) is 22.4. The van der Waals surface area contributed by atoms with Crippen LogP contribution in [0.2, 0.25) is 0 Å². The number of hydrogen-bond acceptors (Lipinski definition) is 8. The number of carbonyl (C=O) groups excluding carboxylic acids is 1. The van der Waals surface area contributed by atoms with E-state index in [4.69, 9.17) is 18.9 Å². The lowest BCUT2D eigenvalue weighted by Gasteiger charge is -2.34. The van der Waals surface area contributed by atoms with Gasteiger partial charge in [0.15, 0.2) is 10.9 Å². The number of rotatable bonds is 9. The normalized spacial score (nSPS) is 16.7. The number of thioether (sulfide) groups is 1. The van der Waals surface area contributed by atoms with Gasteiger partial charge in [-0.25, -0.2) is 9.66 Å². The van der Waals surface area contributed by atoms with E-state index in [1.807, 2.05) is 48.4 Å². The predicted octanol–water partition coefficient (Wildman–Crippen LogP) is 6.62. The van der Waals surface area contributed by atoms with Crippen LogP contribution in [0.3, 0.4) is 0 Å². The molecule has 46 heavy (non-hydrogen) atoms. The number of benzene rings is 3. The lowest BCUT2D eigenvalue weighted by Crippen LogP contribution is -2.48. The highest BCUT2D eigenvalue weighted by atomic mass is 32.2. The monoisotopic (exact) mass is 637 g/mol. The van der Waals surface area contributed by atoms with Gasteiger partial charge in [0.1, 0.15) is 29.4 Å². The number of furan rings is 1. The number of amides is 1. The summed E-state index contributed by atoms with van der Waals surface area (Å²) < 4.78 is 20.3. The molecule has 9 nitrogen and oxygen atoms in total. The van der Waals surface area contributed by atoms with Gasteiger partial charge in [0.2, 0.25) is 5.91 Å². The Balaban J connectivity index is 1.03. The Kier molecular flexibility index (Phi) is 8.40. The number of ether oxygens (including phenoxy) is 2. The molecule has 0 radical (unpaired) electrons.